The van der Waals surface area contributed by atoms with Gasteiger partial charge in [0.2, 0.25) is 0 Å². The van der Waals surface area contributed by atoms with Gasteiger partial charge in [0.25, 0.3) is 0 Å². The molecular formula is C19H30FIN4O3S. The number of benzene rings is 1. The smallest absolute Gasteiger partial charge is 0.193 e. The summed E-state index contributed by atoms with van der Waals surface area (Å²) in [7, 11) is -1.98. The normalized spacial score (nSPS) is 21.1. The lowest BCUT2D eigenvalue weighted by Gasteiger charge is -2.29. The van der Waals surface area contributed by atoms with E-state index in [4.69, 9.17) is 4.74 Å². The lowest BCUT2D eigenvalue weighted by molar-refractivity contribution is 0.0315. The minimum absolute atomic E-state index is 0. The van der Waals surface area contributed by atoms with Crippen LogP contribution in [0.3, 0.4) is 0 Å². The Morgan fingerprint density at radius 1 is 1.28 bits per heavy atom. The van der Waals surface area contributed by atoms with Gasteiger partial charge in [0.05, 0.1) is 19.0 Å². The highest BCUT2D eigenvalue weighted by molar-refractivity contribution is 14.0. The van der Waals surface area contributed by atoms with Crippen molar-refractivity contribution >= 4 is 39.8 Å². The van der Waals surface area contributed by atoms with Crippen LogP contribution in [0.2, 0.25) is 0 Å². The van der Waals surface area contributed by atoms with Gasteiger partial charge in [-0.25, -0.2) is 12.8 Å². The third kappa shape index (κ3) is 6.76. The number of nitrogens with zero attached hydrogens (tertiary/aromatic N) is 3. The molecule has 164 valence electrons. The second-order valence-corrected chi connectivity index (χ2v) is 9.31. The zero-order valence-electron chi connectivity index (χ0n) is 16.7. The Balaban J connectivity index is 0.00000300. The molecule has 0 aliphatic carbocycles. The summed E-state index contributed by atoms with van der Waals surface area (Å²) >= 11 is 0. The minimum Gasteiger partial charge on any atom is -0.379 e. The first-order valence-corrected chi connectivity index (χ1v) is 11.4. The van der Waals surface area contributed by atoms with Crippen molar-refractivity contribution in [1.82, 2.24) is 15.1 Å². The molecule has 2 saturated heterocycles. The fourth-order valence-electron chi connectivity index (χ4n) is 3.76. The van der Waals surface area contributed by atoms with Gasteiger partial charge in [0, 0.05) is 46.3 Å². The molecule has 2 aliphatic heterocycles. The summed E-state index contributed by atoms with van der Waals surface area (Å²) in [4.78, 5) is 8.65. The van der Waals surface area contributed by atoms with Crippen LogP contribution in [-0.4, -0.2) is 89.5 Å². The largest absolute Gasteiger partial charge is 0.379 e. The maximum absolute atomic E-state index is 13.8. The van der Waals surface area contributed by atoms with Crippen molar-refractivity contribution in [2.75, 3.05) is 65.3 Å². The summed E-state index contributed by atoms with van der Waals surface area (Å²) in [6.07, 6.45) is 1.09. The van der Waals surface area contributed by atoms with Crippen LogP contribution in [0.4, 0.5) is 4.39 Å². The molecule has 2 heterocycles. The number of rotatable bonds is 6. The predicted octanol–water partition coefficient (Wildman–Crippen LogP) is 1.45. The molecule has 0 radical (unpaired) electrons. The lowest BCUT2D eigenvalue weighted by atomic mass is 10.1. The van der Waals surface area contributed by atoms with Gasteiger partial charge in [-0.3, -0.25) is 9.89 Å². The van der Waals surface area contributed by atoms with Crippen molar-refractivity contribution in [3.05, 3.63) is 30.1 Å². The molecule has 0 amide bonds. The Labute approximate surface area is 189 Å². The molecule has 2 aliphatic rings. The summed E-state index contributed by atoms with van der Waals surface area (Å²) in [6, 6.07) is 5.48. The number of aliphatic imine (C=N–C) groups is 1. The SMILES string of the molecule is CN=C(NCCS(=O)(=O)c1ccccc1F)N1CCC(CN2CCOCC2)C1.I. The molecule has 1 N–H and O–H groups in total. The van der Waals surface area contributed by atoms with Gasteiger partial charge in [-0.05, 0) is 24.5 Å². The Bertz CT molecular complexity index is 787. The van der Waals surface area contributed by atoms with Crippen molar-refractivity contribution in [2.24, 2.45) is 10.9 Å². The molecule has 0 aromatic heterocycles. The summed E-state index contributed by atoms with van der Waals surface area (Å²) in [5, 5.41) is 3.12. The number of likely N-dealkylation sites (tertiary alicyclic amines) is 1. The van der Waals surface area contributed by atoms with E-state index in [0.717, 1.165) is 58.4 Å². The van der Waals surface area contributed by atoms with Crippen molar-refractivity contribution < 1.29 is 17.5 Å². The standard InChI is InChI=1S/C19H29FN4O3S.HI/c1-21-19(22-7-13-28(25,26)18-5-3-2-4-17(18)20)24-8-6-16(15-24)14-23-9-11-27-12-10-23;/h2-5,16H,6-15H2,1H3,(H,21,22);1H. The fraction of sp³-hybridized carbons (Fsp3) is 0.632. The number of hydrogen-bond acceptors (Lipinski definition) is 5. The van der Waals surface area contributed by atoms with Crippen LogP contribution >= 0.6 is 24.0 Å². The Morgan fingerprint density at radius 2 is 2.00 bits per heavy atom. The molecule has 1 atom stereocenters. The number of ether oxygens (including phenoxy) is 1. The van der Waals surface area contributed by atoms with Crippen LogP contribution < -0.4 is 5.32 Å². The van der Waals surface area contributed by atoms with Crippen LogP contribution in [-0.2, 0) is 14.6 Å². The van der Waals surface area contributed by atoms with E-state index in [2.05, 4.69) is 20.1 Å². The van der Waals surface area contributed by atoms with Gasteiger partial charge < -0.3 is 15.0 Å². The first-order valence-electron chi connectivity index (χ1n) is 9.72. The molecule has 1 aromatic carbocycles. The van der Waals surface area contributed by atoms with Crippen LogP contribution in [0.15, 0.2) is 34.2 Å². The molecule has 1 aromatic rings. The fourth-order valence-corrected chi connectivity index (χ4v) is 5.00. The Hall–Kier alpha value is -0.980. The van der Waals surface area contributed by atoms with Gasteiger partial charge in [-0.1, -0.05) is 12.1 Å². The average Bonchev–Trinajstić information content (AvgIpc) is 3.14. The lowest BCUT2D eigenvalue weighted by Crippen LogP contribution is -2.43. The molecule has 10 heteroatoms. The highest BCUT2D eigenvalue weighted by Gasteiger charge is 2.27. The van der Waals surface area contributed by atoms with Crippen LogP contribution in [0.25, 0.3) is 0 Å². The molecule has 29 heavy (non-hydrogen) atoms. The highest BCUT2D eigenvalue weighted by Crippen LogP contribution is 2.18. The predicted molar refractivity (Wildman–Crippen MR) is 122 cm³/mol. The van der Waals surface area contributed by atoms with E-state index in [9.17, 15) is 12.8 Å². The number of halogens is 2. The van der Waals surface area contributed by atoms with Gasteiger partial charge in [0.1, 0.15) is 10.7 Å². The van der Waals surface area contributed by atoms with Crippen LogP contribution in [0.1, 0.15) is 6.42 Å². The summed E-state index contributed by atoms with van der Waals surface area (Å²) in [5.74, 6) is 0.377. The van der Waals surface area contributed by atoms with Gasteiger partial charge in [-0.2, -0.15) is 0 Å². The molecule has 7 nitrogen and oxygen atoms in total. The van der Waals surface area contributed by atoms with E-state index in [1.165, 1.54) is 18.2 Å². The monoisotopic (exact) mass is 540 g/mol. The average molecular weight is 540 g/mol. The minimum atomic E-state index is -3.68. The van der Waals surface area contributed by atoms with Crippen molar-refractivity contribution in [1.29, 1.82) is 0 Å². The van der Waals surface area contributed by atoms with E-state index in [1.807, 2.05) is 0 Å². The number of morpholine rings is 1. The molecule has 0 bridgehead atoms. The third-order valence-electron chi connectivity index (χ3n) is 5.24. The second-order valence-electron chi connectivity index (χ2n) is 7.24. The van der Waals surface area contributed by atoms with Crippen molar-refractivity contribution in [3.63, 3.8) is 0 Å². The highest BCUT2D eigenvalue weighted by atomic mass is 127. The number of sulfone groups is 1. The Morgan fingerprint density at radius 3 is 2.69 bits per heavy atom. The molecule has 0 saturated carbocycles. The van der Waals surface area contributed by atoms with E-state index in [0.29, 0.717) is 11.9 Å². The molecule has 1 unspecified atom stereocenters. The van der Waals surface area contributed by atoms with E-state index in [-0.39, 0.29) is 41.2 Å². The van der Waals surface area contributed by atoms with E-state index < -0.39 is 15.7 Å². The number of nitrogens with one attached hydrogen (secondary N) is 1. The number of hydrogen-bond donors (Lipinski definition) is 1. The maximum Gasteiger partial charge on any atom is 0.193 e. The molecule has 2 fully saturated rings. The first kappa shape index (κ1) is 24.3. The van der Waals surface area contributed by atoms with Gasteiger partial charge in [-0.15, -0.1) is 24.0 Å². The van der Waals surface area contributed by atoms with Gasteiger partial charge in [0.15, 0.2) is 15.8 Å². The van der Waals surface area contributed by atoms with E-state index in [1.54, 1.807) is 7.05 Å². The van der Waals surface area contributed by atoms with Gasteiger partial charge >= 0.3 is 0 Å². The van der Waals surface area contributed by atoms with Crippen LogP contribution in [0, 0.1) is 11.7 Å². The van der Waals surface area contributed by atoms with E-state index >= 15 is 0 Å². The third-order valence-corrected chi connectivity index (χ3v) is 6.99. The topological polar surface area (TPSA) is 74.2 Å². The first-order chi connectivity index (χ1) is 13.5. The zero-order valence-corrected chi connectivity index (χ0v) is 19.9. The molecule has 0 spiro atoms. The van der Waals surface area contributed by atoms with Crippen LogP contribution in [0.5, 0.6) is 0 Å². The number of guanidine groups is 1. The maximum atomic E-state index is 13.8. The molecule has 3 rings (SSSR count). The second kappa shape index (κ2) is 11.4. The summed E-state index contributed by atoms with van der Waals surface area (Å²) < 4.78 is 43.9. The summed E-state index contributed by atoms with van der Waals surface area (Å²) in [6.45, 7) is 6.61. The zero-order chi connectivity index (χ0) is 20.0. The quantitative estimate of drug-likeness (QED) is 0.335. The Kier molecular flexibility index (Phi) is 9.57. The van der Waals surface area contributed by atoms with Crippen molar-refractivity contribution in [3.8, 4) is 0 Å². The van der Waals surface area contributed by atoms with Crippen molar-refractivity contribution in [2.45, 2.75) is 11.3 Å². The molecular weight excluding hydrogens is 510 g/mol. The summed E-state index contributed by atoms with van der Waals surface area (Å²) in [5.41, 5.74) is 0.